The fourth-order valence-electron chi connectivity index (χ4n) is 14.4. The lowest BCUT2D eigenvalue weighted by Crippen LogP contribution is -2.50. The molecule has 0 saturated carbocycles. The fourth-order valence-corrected chi connectivity index (χ4v) is 14.4. The topological polar surface area (TPSA) is 60.4 Å². The Morgan fingerprint density at radius 2 is 0.389 bits per heavy atom. The molecule has 4 nitrogen and oxygen atoms in total. The van der Waals surface area contributed by atoms with Crippen molar-refractivity contribution >= 4 is 5.97 Å². The highest BCUT2D eigenvalue weighted by atomic mass is 16.4. The molecule has 0 aliphatic rings. The second kappa shape index (κ2) is 68.2. The van der Waals surface area contributed by atoms with Crippen LogP contribution in [-0.4, -0.2) is 41.7 Å². The molecule has 0 heterocycles. The summed E-state index contributed by atoms with van der Waals surface area (Å²) in [5.41, 5.74) is -1.54. The van der Waals surface area contributed by atoms with E-state index >= 15 is 0 Å². The van der Waals surface area contributed by atoms with Crippen LogP contribution in [0.3, 0.4) is 0 Å². The quantitative estimate of drug-likeness (QED) is 0.0530. The number of carbonyl (C=O) groups excluding carboxylic acids is 1. The van der Waals surface area contributed by atoms with Crippen molar-refractivity contribution in [3.8, 4) is 0 Å². The number of benzene rings is 2. The van der Waals surface area contributed by atoms with Crippen LogP contribution in [0.1, 0.15) is 450 Å². The minimum atomic E-state index is -2.11. The molecule has 2 aromatic carbocycles. The maximum Gasteiger partial charge on any atom is 0.154 e. The number of aliphatic hydroxyl groups is 1. The standard InChI is InChI=1S/C72H148N.C14H12O3/c1-5-9-13-17-21-25-29-33-37-41-45-49-53-57-61-65-69-73(70-66-62-58-54-50-46-42-38-34-30-26-22-18-14-10-6-2,71-67-63-59-55-51-47-43-39-35-31-27-23-19-15-11-7-3)72-68-64-60-56-52-48-44-40-36-32-28-24-20-16-12-8-4;15-13(16)14(17,11-7-3-1-4-8-11)12-9-5-2-6-10-12/h5-72H2,1-4H3;1-10,17H,(H,15,16)/q+1;/p-1. The Labute approximate surface area is 564 Å². The number of carboxylic acids is 1. The summed E-state index contributed by atoms with van der Waals surface area (Å²) in [5, 5.41) is 21.6. The molecular weight excluding hydrogens is 1090 g/mol. The Morgan fingerprint density at radius 1 is 0.256 bits per heavy atom. The van der Waals surface area contributed by atoms with Gasteiger partial charge in [-0.05, 0) is 62.5 Å². The molecule has 0 spiro atoms. The monoisotopic (exact) mass is 1250 g/mol. The Morgan fingerprint density at radius 3 is 0.522 bits per heavy atom. The van der Waals surface area contributed by atoms with E-state index in [-0.39, 0.29) is 11.1 Å². The Balaban J connectivity index is 0.00000202. The molecule has 0 radical (unpaired) electrons. The molecule has 2 aromatic rings. The lowest BCUT2D eigenvalue weighted by molar-refractivity contribution is -0.929. The zero-order chi connectivity index (χ0) is 64.9. The zero-order valence-electron chi connectivity index (χ0n) is 61.6. The largest absolute Gasteiger partial charge is 0.546 e. The van der Waals surface area contributed by atoms with Crippen LogP contribution in [-0.2, 0) is 10.4 Å². The van der Waals surface area contributed by atoms with Gasteiger partial charge in [-0.2, -0.15) is 0 Å². The normalized spacial score (nSPS) is 11.8. The molecule has 0 atom stereocenters. The Kier molecular flexibility index (Phi) is 65.1. The predicted molar refractivity (Wildman–Crippen MR) is 399 cm³/mol. The van der Waals surface area contributed by atoms with Gasteiger partial charge < -0.3 is 19.5 Å². The predicted octanol–water partition coefficient (Wildman–Crippen LogP) is 27.5. The summed E-state index contributed by atoms with van der Waals surface area (Å²) >= 11 is 0. The number of carboxylic acid groups (broad SMARTS) is 1. The molecule has 0 saturated heterocycles. The SMILES string of the molecule is CCCCCCCCCCCCCCCCCC[N+](CCCCCCCCCCCCCCCCCC)(CCCCCCCCCCCCCCCCCC)CCCCCCCCCCCCCCCCCC.O=C([O-])C(O)(c1ccccc1)c1ccccc1. The van der Waals surface area contributed by atoms with Crippen molar-refractivity contribution in [2.24, 2.45) is 0 Å². The van der Waals surface area contributed by atoms with E-state index in [1.54, 1.807) is 60.7 Å². The first-order valence-corrected chi connectivity index (χ1v) is 41.3. The summed E-state index contributed by atoms with van der Waals surface area (Å²) in [6.45, 7) is 15.3. The van der Waals surface area contributed by atoms with Gasteiger partial charge in [-0.15, -0.1) is 0 Å². The molecule has 0 fully saturated rings. The van der Waals surface area contributed by atoms with Gasteiger partial charge in [0, 0.05) is 0 Å². The first-order valence-electron chi connectivity index (χ1n) is 41.3. The molecule has 0 bridgehead atoms. The first kappa shape index (κ1) is 85.8. The number of rotatable bonds is 71. The van der Waals surface area contributed by atoms with Crippen LogP contribution in [0.2, 0.25) is 0 Å². The number of hydrogen-bond acceptors (Lipinski definition) is 3. The minimum Gasteiger partial charge on any atom is -0.546 e. The van der Waals surface area contributed by atoms with E-state index in [9.17, 15) is 15.0 Å². The van der Waals surface area contributed by atoms with Crippen molar-refractivity contribution in [2.45, 2.75) is 444 Å². The summed E-state index contributed by atoms with van der Waals surface area (Å²) in [6, 6.07) is 16.4. The summed E-state index contributed by atoms with van der Waals surface area (Å²) in [7, 11) is 0. The average molecular weight is 1260 g/mol. The van der Waals surface area contributed by atoms with E-state index in [1.165, 1.54) is 442 Å². The number of quaternary nitrogens is 1. The van der Waals surface area contributed by atoms with E-state index in [0.717, 1.165) is 0 Å². The molecule has 90 heavy (non-hydrogen) atoms. The van der Waals surface area contributed by atoms with Crippen molar-refractivity contribution in [1.29, 1.82) is 0 Å². The van der Waals surface area contributed by atoms with Gasteiger partial charge in [0.15, 0.2) is 5.60 Å². The molecule has 0 amide bonds. The van der Waals surface area contributed by atoms with Gasteiger partial charge in [0.05, 0.1) is 32.1 Å². The van der Waals surface area contributed by atoms with Crippen LogP contribution < -0.4 is 5.11 Å². The van der Waals surface area contributed by atoms with Crippen LogP contribution in [0.4, 0.5) is 0 Å². The molecule has 0 unspecified atom stereocenters. The highest BCUT2D eigenvalue weighted by Gasteiger charge is 2.33. The van der Waals surface area contributed by atoms with Gasteiger partial charge >= 0.3 is 0 Å². The Hall–Kier alpha value is -2.17. The maximum atomic E-state index is 11.3. The molecule has 2 rings (SSSR count). The van der Waals surface area contributed by atoms with Gasteiger partial charge in [-0.1, -0.05) is 448 Å². The van der Waals surface area contributed by atoms with Crippen LogP contribution >= 0.6 is 0 Å². The molecule has 0 aliphatic heterocycles. The number of hydrogen-bond donors (Lipinski definition) is 1. The van der Waals surface area contributed by atoms with Crippen molar-refractivity contribution in [3.63, 3.8) is 0 Å². The molecule has 0 aliphatic carbocycles. The summed E-state index contributed by atoms with van der Waals surface area (Å²) in [5.74, 6) is -1.53. The highest BCUT2D eigenvalue weighted by Crippen LogP contribution is 2.29. The van der Waals surface area contributed by atoms with Gasteiger partial charge in [0.1, 0.15) is 0 Å². The van der Waals surface area contributed by atoms with Gasteiger partial charge in [0.2, 0.25) is 0 Å². The number of carbonyl (C=O) groups is 1. The van der Waals surface area contributed by atoms with E-state index in [0.29, 0.717) is 0 Å². The summed E-state index contributed by atoms with van der Waals surface area (Å²) in [4.78, 5) is 11.3. The maximum absolute atomic E-state index is 11.3. The Bertz CT molecular complexity index is 1490. The van der Waals surface area contributed by atoms with Crippen molar-refractivity contribution in [3.05, 3.63) is 71.8 Å². The zero-order valence-corrected chi connectivity index (χ0v) is 61.6. The molecule has 526 valence electrons. The third kappa shape index (κ3) is 53.1. The van der Waals surface area contributed by atoms with Crippen LogP contribution in [0, 0.1) is 0 Å². The van der Waals surface area contributed by atoms with E-state index in [1.807, 2.05) is 0 Å². The lowest BCUT2D eigenvalue weighted by atomic mass is 9.86. The number of nitrogens with zero attached hydrogens (tertiary/aromatic N) is 1. The molecular formula is C86H159NO3. The van der Waals surface area contributed by atoms with Gasteiger partial charge in [-0.25, -0.2) is 0 Å². The molecule has 0 aromatic heterocycles. The minimum absolute atomic E-state index is 0.284. The van der Waals surface area contributed by atoms with Crippen LogP contribution in [0.5, 0.6) is 0 Å². The van der Waals surface area contributed by atoms with Crippen molar-refractivity contribution < 1.29 is 19.5 Å². The third-order valence-electron chi connectivity index (χ3n) is 20.6. The van der Waals surface area contributed by atoms with E-state index in [2.05, 4.69) is 27.7 Å². The summed E-state index contributed by atoms with van der Waals surface area (Å²) < 4.78 is 1.49. The van der Waals surface area contributed by atoms with E-state index < -0.39 is 11.6 Å². The van der Waals surface area contributed by atoms with Gasteiger partial charge in [-0.3, -0.25) is 0 Å². The number of aliphatic carboxylic acids is 1. The second-order valence-corrected chi connectivity index (χ2v) is 29.2. The average Bonchev–Trinajstić information content (AvgIpc) is 2.10. The van der Waals surface area contributed by atoms with E-state index in [4.69, 9.17) is 0 Å². The van der Waals surface area contributed by atoms with Gasteiger partial charge in [0.25, 0.3) is 0 Å². The third-order valence-corrected chi connectivity index (χ3v) is 20.6. The number of unbranched alkanes of at least 4 members (excludes halogenated alkanes) is 60. The smallest absolute Gasteiger partial charge is 0.154 e. The van der Waals surface area contributed by atoms with Crippen molar-refractivity contribution in [1.82, 2.24) is 0 Å². The van der Waals surface area contributed by atoms with Crippen LogP contribution in [0.25, 0.3) is 0 Å². The lowest BCUT2D eigenvalue weighted by Gasteiger charge is -2.40. The molecule has 4 heteroatoms. The second-order valence-electron chi connectivity index (χ2n) is 29.2. The molecule has 1 N–H and O–H groups in total. The summed E-state index contributed by atoms with van der Waals surface area (Å²) in [6.07, 6.45) is 94.7. The van der Waals surface area contributed by atoms with Crippen molar-refractivity contribution in [2.75, 3.05) is 26.2 Å². The highest BCUT2D eigenvalue weighted by molar-refractivity contribution is 5.81. The first-order chi connectivity index (χ1) is 44.4. The fraction of sp³-hybridized carbons (Fsp3) is 0.849. The van der Waals surface area contributed by atoms with Crippen LogP contribution in [0.15, 0.2) is 60.7 Å².